The highest BCUT2D eigenvalue weighted by Crippen LogP contribution is 2.47. The van der Waals surface area contributed by atoms with Crippen molar-refractivity contribution in [1.29, 1.82) is 0 Å². The number of nitrogens with zero attached hydrogens (tertiary/aromatic N) is 5. The van der Waals surface area contributed by atoms with E-state index in [1.807, 2.05) is 17.5 Å². The van der Waals surface area contributed by atoms with Gasteiger partial charge in [-0.2, -0.15) is 13.2 Å². The molecular formula is C22H25F3N6S. The number of nitrogens with two attached hydrogens (primary N) is 1. The van der Waals surface area contributed by atoms with E-state index in [1.54, 1.807) is 6.20 Å². The number of fused-ring (bicyclic) bond motifs is 1. The molecule has 0 radical (unpaired) electrons. The third-order valence-electron chi connectivity index (χ3n) is 6.79. The van der Waals surface area contributed by atoms with E-state index in [-0.39, 0.29) is 10.7 Å². The molecule has 1 saturated carbocycles. The molecule has 1 aliphatic carbocycles. The first-order valence-electron chi connectivity index (χ1n) is 10.9. The Labute approximate surface area is 188 Å². The van der Waals surface area contributed by atoms with Gasteiger partial charge in [0.05, 0.1) is 10.6 Å². The fourth-order valence-corrected chi connectivity index (χ4v) is 6.10. The maximum absolute atomic E-state index is 13.5. The zero-order valence-electron chi connectivity index (χ0n) is 17.8. The number of imidazole rings is 1. The minimum Gasteiger partial charge on any atom is -0.384 e. The number of rotatable bonds is 3. The molecule has 1 saturated heterocycles. The van der Waals surface area contributed by atoms with Crippen molar-refractivity contribution in [3.8, 4) is 0 Å². The average Bonchev–Trinajstić information content (AvgIpc) is 3.41. The zero-order valence-corrected chi connectivity index (χ0v) is 18.6. The van der Waals surface area contributed by atoms with Crippen molar-refractivity contribution >= 4 is 29.2 Å². The van der Waals surface area contributed by atoms with E-state index < -0.39 is 11.9 Å². The fourth-order valence-electron chi connectivity index (χ4n) is 5.05. The van der Waals surface area contributed by atoms with E-state index in [0.717, 1.165) is 43.6 Å². The Hall–Kier alpha value is -2.49. The second-order valence-electron chi connectivity index (χ2n) is 8.82. The van der Waals surface area contributed by atoms with Crippen molar-refractivity contribution < 1.29 is 13.2 Å². The van der Waals surface area contributed by atoms with Gasteiger partial charge in [0, 0.05) is 30.4 Å². The van der Waals surface area contributed by atoms with E-state index in [0.29, 0.717) is 21.7 Å². The van der Waals surface area contributed by atoms with Crippen molar-refractivity contribution in [2.45, 2.75) is 61.4 Å². The first kappa shape index (κ1) is 21.4. The number of anilines is 2. The predicted octanol–water partition coefficient (Wildman–Crippen LogP) is 5.35. The van der Waals surface area contributed by atoms with Crippen molar-refractivity contribution in [1.82, 2.24) is 19.4 Å². The van der Waals surface area contributed by atoms with Crippen LogP contribution in [0.25, 0.3) is 5.65 Å². The average molecular weight is 463 g/mol. The quantitative estimate of drug-likeness (QED) is 0.566. The summed E-state index contributed by atoms with van der Waals surface area (Å²) in [5.41, 5.74) is 6.26. The second kappa shape index (κ2) is 7.83. The maximum Gasteiger partial charge on any atom is 0.434 e. The lowest BCUT2D eigenvalue weighted by Gasteiger charge is -2.40. The smallest absolute Gasteiger partial charge is 0.384 e. The Morgan fingerprint density at radius 1 is 1.06 bits per heavy atom. The summed E-state index contributed by atoms with van der Waals surface area (Å²) in [6.07, 6.45) is 6.50. The SMILES string of the molecule is Cc1nc(N2CCC3(CCCC3)CC2)n2ccnc2c1Sc1ccc(N)nc1C(F)(F)F. The summed E-state index contributed by atoms with van der Waals surface area (Å²) in [4.78, 5) is 15.7. The second-order valence-corrected chi connectivity index (χ2v) is 9.88. The van der Waals surface area contributed by atoms with Gasteiger partial charge in [-0.25, -0.2) is 15.0 Å². The van der Waals surface area contributed by atoms with Gasteiger partial charge in [-0.1, -0.05) is 24.6 Å². The first-order valence-corrected chi connectivity index (χ1v) is 11.7. The number of pyridine rings is 1. The summed E-state index contributed by atoms with van der Waals surface area (Å²) in [6.45, 7) is 3.69. The number of aryl methyl sites for hydroxylation is 1. The summed E-state index contributed by atoms with van der Waals surface area (Å²) in [7, 11) is 0. The Morgan fingerprint density at radius 2 is 1.78 bits per heavy atom. The van der Waals surface area contributed by atoms with Gasteiger partial charge in [-0.3, -0.25) is 4.40 Å². The molecule has 6 nitrogen and oxygen atoms in total. The molecular weight excluding hydrogens is 437 g/mol. The van der Waals surface area contributed by atoms with Crippen LogP contribution in [-0.2, 0) is 6.18 Å². The van der Waals surface area contributed by atoms with Gasteiger partial charge in [0.2, 0.25) is 5.95 Å². The van der Waals surface area contributed by atoms with Crippen LogP contribution in [0.3, 0.4) is 0 Å². The molecule has 32 heavy (non-hydrogen) atoms. The lowest BCUT2D eigenvalue weighted by atomic mass is 9.77. The molecule has 0 aromatic carbocycles. The molecule has 3 aromatic rings. The van der Waals surface area contributed by atoms with Crippen molar-refractivity contribution in [2.75, 3.05) is 23.7 Å². The maximum atomic E-state index is 13.5. The van der Waals surface area contributed by atoms with E-state index in [9.17, 15) is 13.2 Å². The number of halogens is 3. The van der Waals surface area contributed by atoms with E-state index in [4.69, 9.17) is 10.7 Å². The van der Waals surface area contributed by atoms with Gasteiger partial charge in [-0.05, 0) is 50.2 Å². The summed E-state index contributed by atoms with van der Waals surface area (Å²) < 4.78 is 42.5. The Bertz CT molecular complexity index is 1140. The monoisotopic (exact) mass is 462 g/mol. The molecule has 10 heteroatoms. The van der Waals surface area contributed by atoms with Crippen LogP contribution in [0.5, 0.6) is 0 Å². The Balaban J connectivity index is 1.49. The highest BCUT2D eigenvalue weighted by atomic mass is 32.2. The van der Waals surface area contributed by atoms with Crippen molar-refractivity contribution in [3.63, 3.8) is 0 Å². The molecule has 0 atom stereocenters. The van der Waals surface area contributed by atoms with Crippen molar-refractivity contribution in [3.05, 3.63) is 35.9 Å². The number of piperidine rings is 1. The van der Waals surface area contributed by atoms with Crippen LogP contribution in [0, 0.1) is 12.3 Å². The van der Waals surface area contributed by atoms with Crippen LogP contribution in [0.4, 0.5) is 24.9 Å². The number of hydrogen-bond donors (Lipinski definition) is 1. The summed E-state index contributed by atoms with van der Waals surface area (Å²) in [5.74, 6) is 0.640. The number of nitrogen functional groups attached to an aromatic ring is 1. The first-order chi connectivity index (χ1) is 15.3. The van der Waals surface area contributed by atoms with Crippen LogP contribution >= 0.6 is 11.8 Å². The molecule has 5 rings (SSSR count). The molecule has 0 amide bonds. The molecule has 170 valence electrons. The molecule has 4 heterocycles. The number of alkyl halides is 3. The molecule has 3 aromatic heterocycles. The summed E-state index contributed by atoms with van der Waals surface area (Å²) in [5, 5.41) is 0. The molecule has 2 aliphatic rings. The summed E-state index contributed by atoms with van der Waals surface area (Å²) >= 11 is 0.979. The van der Waals surface area contributed by atoms with Crippen LogP contribution < -0.4 is 10.6 Å². The standard InChI is InChI=1S/C22H25F3N6S/c1-14-17(32-15-4-5-16(26)29-18(15)22(23,24)25)19-27-10-13-31(19)20(28-14)30-11-8-21(9-12-30)6-2-3-7-21/h4-5,10,13H,2-3,6-9,11-12H2,1H3,(H2,26,29). The number of aromatic nitrogens is 4. The fraction of sp³-hybridized carbons (Fsp3) is 0.500. The van der Waals surface area contributed by atoms with Gasteiger partial charge in [-0.15, -0.1) is 0 Å². The summed E-state index contributed by atoms with van der Waals surface area (Å²) in [6, 6.07) is 2.73. The highest BCUT2D eigenvalue weighted by molar-refractivity contribution is 7.99. The van der Waals surface area contributed by atoms with Crippen LogP contribution in [0.2, 0.25) is 0 Å². The molecule has 0 unspecified atom stereocenters. The van der Waals surface area contributed by atoms with E-state index in [2.05, 4.69) is 14.9 Å². The molecule has 2 fully saturated rings. The molecule has 0 bridgehead atoms. The minimum absolute atomic E-state index is 0.0182. The Morgan fingerprint density at radius 3 is 2.47 bits per heavy atom. The third-order valence-corrected chi connectivity index (χ3v) is 8.02. The largest absolute Gasteiger partial charge is 0.434 e. The van der Waals surface area contributed by atoms with Gasteiger partial charge < -0.3 is 10.6 Å². The normalized spacial score (nSPS) is 18.7. The molecule has 2 N–H and O–H groups in total. The van der Waals surface area contributed by atoms with Crippen LogP contribution in [-0.4, -0.2) is 32.4 Å². The zero-order chi connectivity index (χ0) is 22.5. The lowest BCUT2D eigenvalue weighted by molar-refractivity contribution is -0.143. The van der Waals surface area contributed by atoms with Crippen molar-refractivity contribution in [2.24, 2.45) is 5.41 Å². The predicted molar refractivity (Wildman–Crippen MR) is 118 cm³/mol. The highest BCUT2D eigenvalue weighted by Gasteiger charge is 2.38. The van der Waals surface area contributed by atoms with Gasteiger partial charge in [0.1, 0.15) is 5.82 Å². The van der Waals surface area contributed by atoms with Crippen LogP contribution in [0.15, 0.2) is 34.3 Å². The van der Waals surface area contributed by atoms with Gasteiger partial charge in [0.25, 0.3) is 0 Å². The van der Waals surface area contributed by atoms with E-state index >= 15 is 0 Å². The minimum atomic E-state index is -4.60. The van der Waals surface area contributed by atoms with Gasteiger partial charge in [0.15, 0.2) is 11.3 Å². The topological polar surface area (TPSA) is 72.3 Å². The van der Waals surface area contributed by atoms with E-state index in [1.165, 1.54) is 37.8 Å². The third kappa shape index (κ3) is 3.78. The molecule has 1 aliphatic heterocycles. The number of hydrogen-bond acceptors (Lipinski definition) is 6. The van der Waals surface area contributed by atoms with Crippen LogP contribution in [0.1, 0.15) is 49.9 Å². The lowest BCUT2D eigenvalue weighted by Crippen LogP contribution is -2.40. The Kier molecular flexibility index (Phi) is 5.22. The van der Waals surface area contributed by atoms with Gasteiger partial charge >= 0.3 is 6.18 Å². The molecule has 1 spiro atoms.